The van der Waals surface area contributed by atoms with E-state index in [2.05, 4.69) is 10.3 Å². The SMILES string of the molecule is C/C=C\C(=NC)NC(=O)c1ccc(O)cc1. The van der Waals surface area contributed by atoms with Crippen molar-refractivity contribution in [2.24, 2.45) is 4.99 Å². The Bertz CT molecular complexity index is 419. The number of nitrogens with one attached hydrogen (secondary N) is 1. The van der Waals surface area contributed by atoms with E-state index in [1.807, 2.05) is 6.92 Å². The summed E-state index contributed by atoms with van der Waals surface area (Å²) in [6.07, 6.45) is 3.50. The van der Waals surface area contributed by atoms with Crippen molar-refractivity contribution >= 4 is 11.7 Å². The Hall–Kier alpha value is -2.10. The molecule has 0 fully saturated rings. The van der Waals surface area contributed by atoms with Crippen LogP contribution in [-0.2, 0) is 0 Å². The molecule has 84 valence electrons. The third-order valence-corrected chi connectivity index (χ3v) is 1.94. The summed E-state index contributed by atoms with van der Waals surface area (Å²) in [5, 5.41) is 11.7. The van der Waals surface area contributed by atoms with Crippen LogP contribution in [0.1, 0.15) is 17.3 Å². The van der Waals surface area contributed by atoms with E-state index in [0.29, 0.717) is 11.4 Å². The topological polar surface area (TPSA) is 61.7 Å². The highest BCUT2D eigenvalue weighted by Gasteiger charge is 2.06. The lowest BCUT2D eigenvalue weighted by atomic mass is 10.2. The first-order valence-electron chi connectivity index (χ1n) is 4.87. The number of hydrogen-bond donors (Lipinski definition) is 2. The van der Waals surface area contributed by atoms with Gasteiger partial charge in [-0.15, -0.1) is 0 Å². The van der Waals surface area contributed by atoms with Crippen LogP contribution in [0.15, 0.2) is 41.4 Å². The van der Waals surface area contributed by atoms with Gasteiger partial charge in [-0.3, -0.25) is 9.79 Å². The third kappa shape index (κ3) is 3.24. The number of nitrogens with zero attached hydrogens (tertiary/aromatic N) is 1. The molecule has 0 heterocycles. The first-order chi connectivity index (χ1) is 7.67. The van der Waals surface area contributed by atoms with Crippen molar-refractivity contribution in [1.82, 2.24) is 5.32 Å². The van der Waals surface area contributed by atoms with Crippen molar-refractivity contribution in [1.29, 1.82) is 0 Å². The van der Waals surface area contributed by atoms with Gasteiger partial charge in [0.25, 0.3) is 5.91 Å². The Kier molecular flexibility index (Phi) is 4.27. The molecule has 0 unspecified atom stereocenters. The molecular weight excluding hydrogens is 204 g/mol. The molecule has 2 N–H and O–H groups in total. The Morgan fingerprint density at radius 2 is 2.00 bits per heavy atom. The number of rotatable bonds is 2. The maximum absolute atomic E-state index is 11.7. The quantitative estimate of drug-likeness (QED) is 0.586. The maximum atomic E-state index is 11.7. The maximum Gasteiger partial charge on any atom is 0.256 e. The monoisotopic (exact) mass is 218 g/mol. The van der Waals surface area contributed by atoms with Gasteiger partial charge in [-0.25, -0.2) is 0 Å². The number of phenols is 1. The van der Waals surface area contributed by atoms with Crippen LogP contribution in [0, 0.1) is 0 Å². The van der Waals surface area contributed by atoms with Gasteiger partial charge in [0.05, 0.1) is 0 Å². The molecule has 0 saturated heterocycles. The number of carbonyl (C=O) groups excluding carboxylic acids is 1. The van der Waals surface area contributed by atoms with Gasteiger partial charge in [-0.05, 0) is 37.3 Å². The van der Waals surface area contributed by atoms with Crippen LogP contribution in [0.4, 0.5) is 0 Å². The minimum atomic E-state index is -0.251. The summed E-state index contributed by atoms with van der Waals surface area (Å²) in [5.41, 5.74) is 0.475. The summed E-state index contributed by atoms with van der Waals surface area (Å²) in [6.45, 7) is 1.85. The van der Waals surface area contributed by atoms with Gasteiger partial charge in [0.1, 0.15) is 11.6 Å². The number of amides is 1. The molecule has 0 bridgehead atoms. The lowest BCUT2D eigenvalue weighted by Crippen LogP contribution is -2.28. The van der Waals surface area contributed by atoms with E-state index in [4.69, 9.17) is 5.11 Å². The van der Waals surface area contributed by atoms with E-state index in [0.717, 1.165) is 0 Å². The number of aliphatic imine (C=N–C) groups is 1. The molecule has 1 amide bonds. The first-order valence-corrected chi connectivity index (χ1v) is 4.87. The van der Waals surface area contributed by atoms with Crippen LogP contribution in [0.5, 0.6) is 5.75 Å². The molecule has 16 heavy (non-hydrogen) atoms. The number of carbonyl (C=O) groups is 1. The largest absolute Gasteiger partial charge is 0.508 e. The third-order valence-electron chi connectivity index (χ3n) is 1.94. The fraction of sp³-hybridized carbons (Fsp3) is 0.167. The van der Waals surface area contributed by atoms with E-state index in [1.165, 1.54) is 12.1 Å². The Morgan fingerprint density at radius 3 is 2.50 bits per heavy atom. The van der Waals surface area contributed by atoms with Gasteiger partial charge in [-0.1, -0.05) is 6.08 Å². The summed E-state index contributed by atoms with van der Waals surface area (Å²) < 4.78 is 0. The predicted molar refractivity (Wildman–Crippen MR) is 63.7 cm³/mol. The number of amidine groups is 1. The summed E-state index contributed by atoms with van der Waals surface area (Å²) in [7, 11) is 1.60. The summed E-state index contributed by atoms with van der Waals surface area (Å²) in [4.78, 5) is 15.6. The van der Waals surface area contributed by atoms with Crippen molar-refractivity contribution in [3.05, 3.63) is 42.0 Å². The lowest BCUT2D eigenvalue weighted by molar-refractivity contribution is 0.0977. The Labute approximate surface area is 94.3 Å². The van der Waals surface area contributed by atoms with Gasteiger partial charge < -0.3 is 10.4 Å². The van der Waals surface area contributed by atoms with E-state index in [9.17, 15) is 4.79 Å². The second-order valence-electron chi connectivity index (χ2n) is 3.11. The van der Waals surface area contributed by atoms with Crippen LogP contribution >= 0.6 is 0 Å². The Morgan fingerprint density at radius 1 is 1.38 bits per heavy atom. The zero-order chi connectivity index (χ0) is 12.0. The fourth-order valence-corrected chi connectivity index (χ4v) is 1.13. The normalized spacial score (nSPS) is 11.8. The summed E-state index contributed by atoms with van der Waals surface area (Å²) >= 11 is 0. The molecule has 0 aliphatic rings. The molecule has 0 aliphatic carbocycles. The number of benzene rings is 1. The molecule has 0 atom stereocenters. The average Bonchev–Trinajstić information content (AvgIpc) is 2.29. The number of allylic oxidation sites excluding steroid dienone is 1. The molecule has 0 spiro atoms. The second kappa shape index (κ2) is 5.70. The van der Waals surface area contributed by atoms with Crippen molar-refractivity contribution in [2.75, 3.05) is 7.05 Å². The van der Waals surface area contributed by atoms with Crippen LogP contribution in [0.3, 0.4) is 0 Å². The van der Waals surface area contributed by atoms with E-state index < -0.39 is 0 Å². The van der Waals surface area contributed by atoms with Gasteiger partial charge in [0.2, 0.25) is 0 Å². The smallest absolute Gasteiger partial charge is 0.256 e. The van der Waals surface area contributed by atoms with Gasteiger partial charge in [0, 0.05) is 12.6 Å². The highest BCUT2D eigenvalue weighted by molar-refractivity contribution is 6.10. The number of hydrogen-bond acceptors (Lipinski definition) is 3. The predicted octanol–water partition coefficient (Wildman–Crippen LogP) is 1.73. The van der Waals surface area contributed by atoms with E-state index >= 15 is 0 Å². The minimum absolute atomic E-state index is 0.134. The molecule has 0 aromatic heterocycles. The molecule has 1 aromatic rings. The molecule has 4 heteroatoms. The number of aromatic hydroxyl groups is 1. The van der Waals surface area contributed by atoms with Gasteiger partial charge in [-0.2, -0.15) is 0 Å². The first kappa shape index (κ1) is 12.0. The zero-order valence-corrected chi connectivity index (χ0v) is 9.27. The minimum Gasteiger partial charge on any atom is -0.508 e. The molecule has 0 saturated carbocycles. The fourth-order valence-electron chi connectivity index (χ4n) is 1.13. The Balaban J connectivity index is 2.76. The standard InChI is InChI=1S/C12H14N2O2/c1-3-4-11(13-2)14-12(16)9-5-7-10(15)8-6-9/h3-8,15H,1-2H3,(H,13,14,16)/b4-3-. The highest BCUT2D eigenvalue weighted by Crippen LogP contribution is 2.09. The van der Waals surface area contributed by atoms with E-state index in [-0.39, 0.29) is 11.7 Å². The van der Waals surface area contributed by atoms with Gasteiger partial charge in [0.15, 0.2) is 0 Å². The van der Waals surface area contributed by atoms with Crippen LogP contribution in [0.25, 0.3) is 0 Å². The molecule has 0 radical (unpaired) electrons. The highest BCUT2D eigenvalue weighted by atomic mass is 16.3. The summed E-state index contributed by atoms with van der Waals surface area (Å²) in [6, 6.07) is 6.03. The lowest BCUT2D eigenvalue weighted by Gasteiger charge is -2.04. The van der Waals surface area contributed by atoms with Crippen molar-refractivity contribution in [3.63, 3.8) is 0 Å². The van der Waals surface area contributed by atoms with Crippen molar-refractivity contribution in [2.45, 2.75) is 6.92 Å². The van der Waals surface area contributed by atoms with Crippen molar-refractivity contribution < 1.29 is 9.90 Å². The van der Waals surface area contributed by atoms with Crippen LogP contribution in [0.2, 0.25) is 0 Å². The molecule has 0 aliphatic heterocycles. The molecule has 1 aromatic carbocycles. The molecule has 4 nitrogen and oxygen atoms in total. The number of phenolic OH excluding ortho intramolecular Hbond substituents is 1. The second-order valence-corrected chi connectivity index (χ2v) is 3.11. The zero-order valence-electron chi connectivity index (χ0n) is 9.27. The summed E-state index contributed by atoms with van der Waals surface area (Å²) in [5.74, 6) is 0.383. The van der Waals surface area contributed by atoms with Crippen LogP contribution in [-0.4, -0.2) is 23.9 Å². The van der Waals surface area contributed by atoms with Gasteiger partial charge >= 0.3 is 0 Å². The molecule has 1 rings (SSSR count). The van der Waals surface area contributed by atoms with Crippen molar-refractivity contribution in [3.8, 4) is 5.75 Å². The average molecular weight is 218 g/mol. The van der Waals surface area contributed by atoms with Crippen LogP contribution < -0.4 is 5.32 Å². The van der Waals surface area contributed by atoms with E-state index in [1.54, 1.807) is 31.3 Å². The molecular formula is C12H14N2O2.